The number of halogens is 6. The molecule has 0 aromatic carbocycles. The van der Waals surface area contributed by atoms with Crippen molar-refractivity contribution in [3.8, 4) is 5.75 Å². The molecule has 40 heavy (non-hydrogen) atoms. The lowest BCUT2D eigenvalue weighted by Gasteiger charge is -2.40. The van der Waals surface area contributed by atoms with E-state index in [1.54, 1.807) is 34.8 Å². The molecular weight excluding hydrogens is 550 g/mol. The Kier molecular flexibility index (Phi) is 8.04. The number of aromatic nitrogens is 5. The maximum absolute atomic E-state index is 13.3. The summed E-state index contributed by atoms with van der Waals surface area (Å²) in [6.07, 6.45) is -6.89. The Morgan fingerprint density at radius 1 is 1.12 bits per heavy atom. The summed E-state index contributed by atoms with van der Waals surface area (Å²) in [5.41, 5.74) is -3.69. The second-order valence-corrected chi connectivity index (χ2v) is 8.99. The van der Waals surface area contributed by atoms with Gasteiger partial charge in [-0.2, -0.15) is 31.4 Å². The molecule has 2 atom stereocenters. The van der Waals surface area contributed by atoms with E-state index in [9.17, 15) is 36.2 Å². The number of anilines is 3. The fourth-order valence-electron chi connectivity index (χ4n) is 4.09. The van der Waals surface area contributed by atoms with E-state index >= 15 is 0 Å². The molecule has 3 aromatic heterocycles. The third-order valence-corrected chi connectivity index (χ3v) is 6.03. The number of aliphatic hydroxyl groups is 1. The van der Waals surface area contributed by atoms with Gasteiger partial charge >= 0.3 is 12.4 Å². The largest absolute Gasteiger partial charge is 0.491 e. The minimum atomic E-state index is -4.89. The minimum Gasteiger partial charge on any atom is -0.491 e. The van der Waals surface area contributed by atoms with Crippen LogP contribution >= 0.6 is 0 Å². The van der Waals surface area contributed by atoms with E-state index in [1.165, 1.54) is 6.20 Å². The average Bonchev–Trinajstić information content (AvgIpc) is 2.87. The van der Waals surface area contributed by atoms with E-state index in [-0.39, 0.29) is 32.2 Å². The summed E-state index contributed by atoms with van der Waals surface area (Å²) in [6, 6.07) is 0.888. The number of aromatic amines is 1. The fraction of sp³-hybridized carbons (Fsp3) is 0.435. The predicted molar refractivity (Wildman–Crippen MR) is 130 cm³/mol. The van der Waals surface area contributed by atoms with Crippen LogP contribution in [0.15, 0.2) is 35.6 Å². The number of H-pyrrole nitrogens is 1. The highest BCUT2D eigenvalue weighted by Crippen LogP contribution is 2.33. The fourth-order valence-corrected chi connectivity index (χ4v) is 4.09. The topological polar surface area (TPSA) is 132 Å². The second kappa shape index (κ2) is 11.1. The molecule has 1 aliphatic rings. The zero-order valence-electron chi connectivity index (χ0n) is 21.1. The molecule has 1 saturated heterocycles. The van der Waals surface area contributed by atoms with Crippen LogP contribution in [0.25, 0.3) is 0 Å². The first-order valence-electron chi connectivity index (χ1n) is 11.8. The molecule has 4 heterocycles. The van der Waals surface area contributed by atoms with Gasteiger partial charge in [0.1, 0.15) is 30.0 Å². The van der Waals surface area contributed by atoms with Gasteiger partial charge in [-0.15, -0.1) is 0 Å². The van der Waals surface area contributed by atoms with Crippen molar-refractivity contribution >= 4 is 17.5 Å². The van der Waals surface area contributed by atoms with Crippen LogP contribution in [0.3, 0.4) is 0 Å². The zero-order valence-corrected chi connectivity index (χ0v) is 21.1. The number of nitrogens with zero attached hydrogens (tertiary/aromatic N) is 6. The number of alkyl halides is 6. The average molecular weight is 574 g/mol. The predicted octanol–water partition coefficient (Wildman–Crippen LogP) is 2.83. The molecule has 17 heteroatoms. The van der Waals surface area contributed by atoms with Gasteiger partial charge in [-0.3, -0.25) is 4.79 Å². The number of pyridine rings is 1. The number of nitrogens with one attached hydrogen (secondary N) is 2. The van der Waals surface area contributed by atoms with Crippen LogP contribution in [0, 0.1) is 6.92 Å². The van der Waals surface area contributed by atoms with Crippen LogP contribution < -0.4 is 25.4 Å². The van der Waals surface area contributed by atoms with Crippen molar-refractivity contribution < 1.29 is 36.2 Å². The standard InChI is InChI=1S/C23H24F6N8O3/c1-12(34-15-9-33-35-20(39)18(15)23(27,28)29)11-40-16-3-4-30-19(13(16)2)37-6-5-36(10-17(37)38)21-31-7-14(8-32-21)22(24,25)26/h3-4,7-9,12,17,38H,5-6,10-11H2,1-2H3,(H2,34,35,39)/t12-,17-/m0/s1. The van der Waals surface area contributed by atoms with Crippen molar-refractivity contribution in [3.63, 3.8) is 0 Å². The Hall–Kier alpha value is -4.15. The van der Waals surface area contributed by atoms with E-state index in [0.29, 0.717) is 29.5 Å². The molecule has 216 valence electrons. The van der Waals surface area contributed by atoms with Crippen molar-refractivity contribution in [1.82, 2.24) is 25.1 Å². The van der Waals surface area contributed by atoms with Gasteiger partial charge in [-0.05, 0) is 19.9 Å². The molecular formula is C23H24F6N8O3. The number of hydrogen-bond acceptors (Lipinski definition) is 10. The SMILES string of the molecule is Cc1c(OC[C@H](C)Nc2cn[nH]c(=O)c2C(F)(F)F)ccnc1N1CCN(c2ncc(C(F)(F)F)cn2)C[C@@H]1O. The van der Waals surface area contributed by atoms with E-state index < -0.39 is 47.0 Å². The number of ether oxygens (including phenoxy) is 1. The van der Waals surface area contributed by atoms with E-state index in [0.717, 1.165) is 6.20 Å². The van der Waals surface area contributed by atoms with Crippen LogP contribution in [0.1, 0.15) is 23.6 Å². The summed E-state index contributed by atoms with van der Waals surface area (Å²) < 4.78 is 84.0. The molecule has 11 nitrogen and oxygen atoms in total. The maximum Gasteiger partial charge on any atom is 0.423 e. The van der Waals surface area contributed by atoms with Crippen molar-refractivity contribution in [3.05, 3.63) is 57.9 Å². The summed E-state index contributed by atoms with van der Waals surface area (Å²) in [6.45, 7) is 3.67. The molecule has 0 saturated carbocycles. The molecule has 0 radical (unpaired) electrons. The molecule has 0 aliphatic carbocycles. The highest BCUT2D eigenvalue weighted by atomic mass is 19.4. The van der Waals surface area contributed by atoms with Gasteiger partial charge < -0.3 is 25.0 Å². The van der Waals surface area contributed by atoms with E-state index in [4.69, 9.17) is 4.74 Å². The van der Waals surface area contributed by atoms with Gasteiger partial charge in [0.15, 0.2) is 0 Å². The van der Waals surface area contributed by atoms with Gasteiger partial charge in [-0.25, -0.2) is 20.1 Å². The first kappa shape index (κ1) is 28.8. The van der Waals surface area contributed by atoms with Gasteiger partial charge in [0, 0.05) is 37.2 Å². The molecule has 0 amide bonds. The first-order chi connectivity index (χ1) is 18.8. The van der Waals surface area contributed by atoms with Crippen molar-refractivity contribution in [2.75, 3.05) is 41.4 Å². The zero-order chi connectivity index (χ0) is 29.2. The molecule has 1 aliphatic heterocycles. The van der Waals surface area contributed by atoms with E-state index in [2.05, 4.69) is 25.4 Å². The van der Waals surface area contributed by atoms with Crippen molar-refractivity contribution in [1.29, 1.82) is 0 Å². The quantitative estimate of drug-likeness (QED) is 0.362. The molecule has 0 unspecified atom stereocenters. The lowest BCUT2D eigenvalue weighted by Crippen LogP contribution is -2.54. The van der Waals surface area contributed by atoms with Crippen molar-refractivity contribution in [2.45, 2.75) is 38.5 Å². The number of piperazine rings is 1. The molecule has 3 aromatic rings. The van der Waals surface area contributed by atoms with Crippen LogP contribution in [0.5, 0.6) is 5.75 Å². The van der Waals surface area contributed by atoms with Crippen molar-refractivity contribution in [2.24, 2.45) is 0 Å². The third kappa shape index (κ3) is 6.35. The van der Waals surface area contributed by atoms with Crippen LogP contribution in [-0.4, -0.2) is 68.8 Å². The summed E-state index contributed by atoms with van der Waals surface area (Å²) in [4.78, 5) is 26.6. The Labute approximate surface area is 222 Å². The number of β-amino-alcohol motifs (C(OH)–C–C–N with tert-alkyl or cyclic N) is 1. The Morgan fingerprint density at radius 2 is 1.82 bits per heavy atom. The number of hydrogen-bond donors (Lipinski definition) is 3. The van der Waals surface area contributed by atoms with Gasteiger partial charge in [0.2, 0.25) is 5.95 Å². The first-order valence-corrected chi connectivity index (χ1v) is 11.8. The maximum atomic E-state index is 13.3. The number of aliphatic hydroxyl groups excluding tert-OH is 1. The Bertz CT molecular complexity index is 1380. The number of rotatable bonds is 7. The molecule has 0 spiro atoms. The normalized spacial score (nSPS) is 17.1. The lowest BCUT2D eigenvalue weighted by atomic mass is 10.2. The van der Waals surface area contributed by atoms with Gasteiger partial charge in [0.05, 0.1) is 30.0 Å². The highest BCUT2D eigenvalue weighted by Gasteiger charge is 2.38. The highest BCUT2D eigenvalue weighted by molar-refractivity contribution is 5.55. The Balaban J connectivity index is 1.41. The van der Waals surface area contributed by atoms with Gasteiger partial charge in [-0.1, -0.05) is 0 Å². The third-order valence-electron chi connectivity index (χ3n) is 6.03. The van der Waals surface area contributed by atoms with Crippen LogP contribution in [-0.2, 0) is 12.4 Å². The second-order valence-electron chi connectivity index (χ2n) is 8.99. The minimum absolute atomic E-state index is 0.00962. The molecule has 1 fully saturated rings. The Morgan fingerprint density at radius 3 is 2.45 bits per heavy atom. The summed E-state index contributed by atoms with van der Waals surface area (Å²) in [5, 5.41) is 18.6. The lowest BCUT2D eigenvalue weighted by molar-refractivity contribution is -0.139. The smallest absolute Gasteiger partial charge is 0.423 e. The summed E-state index contributed by atoms with van der Waals surface area (Å²) in [5.74, 6) is 0.787. The van der Waals surface area contributed by atoms with Gasteiger partial charge in [0.25, 0.3) is 5.56 Å². The van der Waals surface area contributed by atoms with E-state index in [1.807, 2.05) is 0 Å². The monoisotopic (exact) mass is 574 g/mol. The summed E-state index contributed by atoms with van der Waals surface area (Å²) >= 11 is 0. The molecule has 4 rings (SSSR count). The molecule has 0 bridgehead atoms. The molecule has 3 N–H and O–H groups in total. The van der Waals surface area contributed by atoms with Crippen LogP contribution in [0.2, 0.25) is 0 Å². The summed E-state index contributed by atoms with van der Waals surface area (Å²) in [7, 11) is 0. The van der Waals surface area contributed by atoms with Crippen LogP contribution in [0.4, 0.5) is 43.8 Å².